The second-order valence-corrected chi connectivity index (χ2v) is 3.70. The van der Waals surface area contributed by atoms with E-state index in [0.29, 0.717) is 0 Å². The van der Waals surface area contributed by atoms with Crippen molar-refractivity contribution in [3.63, 3.8) is 0 Å². The molecular formula is C10H11ClN2. The third kappa shape index (κ3) is 1.42. The molecule has 0 bridgehead atoms. The Labute approximate surface area is 82.8 Å². The molecule has 0 aromatic carbocycles. The summed E-state index contributed by atoms with van der Waals surface area (Å²) >= 11 is 6.05. The van der Waals surface area contributed by atoms with Gasteiger partial charge in [-0.3, -0.25) is 4.98 Å². The average molecular weight is 195 g/mol. The highest BCUT2D eigenvalue weighted by molar-refractivity contribution is 6.32. The number of hydrogen-bond donors (Lipinski definition) is 0. The number of halogens is 1. The van der Waals surface area contributed by atoms with E-state index < -0.39 is 0 Å². The Morgan fingerprint density at radius 3 is 3.08 bits per heavy atom. The summed E-state index contributed by atoms with van der Waals surface area (Å²) in [6, 6.07) is 1.83. The molecule has 0 amide bonds. The number of pyridine rings is 1. The van der Waals surface area contributed by atoms with Gasteiger partial charge < -0.3 is 4.90 Å². The second kappa shape index (κ2) is 3.04. The molecule has 13 heavy (non-hydrogen) atoms. The minimum Gasteiger partial charge on any atom is -0.372 e. The van der Waals surface area contributed by atoms with E-state index in [2.05, 4.69) is 29.9 Å². The maximum absolute atomic E-state index is 6.05. The largest absolute Gasteiger partial charge is 0.372 e. The molecule has 68 valence electrons. The number of fused-ring (bicyclic) bond motifs is 1. The molecule has 0 radical (unpaired) electrons. The third-order valence-corrected chi connectivity index (χ3v) is 2.69. The smallest absolute Gasteiger partial charge is 0.0684 e. The van der Waals surface area contributed by atoms with Crippen LogP contribution in [0.3, 0.4) is 0 Å². The van der Waals surface area contributed by atoms with Crippen molar-refractivity contribution in [1.29, 1.82) is 0 Å². The van der Waals surface area contributed by atoms with Crippen LogP contribution in [0, 0.1) is 0 Å². The Hall–Kier alpha value is -1.02. The molecule has 0 aliphatic carbocycles. The monoisotopic (exact) mass is 194 g/mol. The number of rotatable bonds is 0. The first-order chi connectivity index (χ1) is 6.18. The normalized spacial score (nSPS) is 15.3. The van der Waals surface area contributed by atoms with E-state index in [0.717, 1.165) is 22.8 Å². The van der Waals surface area contributed by atoms with Crippen molar-refractivity contribution in [3.8, 4) is 0 Å². The molecule has 0 unspecified atom stereocenters. The molecule has 2 heterocycles. The summed E-state index contributed by atoms with van der Waals surface area (Å²) in [7, 11) is 2.05. The first-order valence-corrected chi connectivity index (χ1v) is 4.59. The summed E-state index contributed by atoms with van der Waals surface area (Å²) in [6.07, 6.45) is 3.83. The minimum atomic E-state index is 0.789. The maximum atomic E-state index is 6.05. The van der Waals surface area contributed by atoms with Gasteiger partial charge in [0.25, 0.3) is 0 Å². The lowest BCUT2D eigenvalue weighted by atomic mass is 10.1. The van der Waals surface area contributed by atoms with Gasteiger partial charge in [-0.15, -0.1) is 0 Å². The first kappa shape index (κ1) is 8.57. The van der Waals surface area contributed by atoms with Gasteiger partial charge in [-0.2, -0.15) is 0 Å². The molecule has 0 saturated heterocycles. The highest BCUT2D eigenvalue weighted by Crippen LogP contribution is 2.26. The van der Waals surface area contributed by atoms with Crippen LogP contribution in [0.2, 0.25) is 5.02 Å². The van der Waals surface area contributed by atoms with Gasteiger partial charge in [0.15, 0.2) is 0 Å². The van der Waals surface area contributed by atoms with Gasteiger partial charge in [-0.25, -0.2) is 0 Å². The third-order valence-electron chi connectivity index (χ3n) is 2.36. The number of allylic oxidation sites excluding steroid dienone is 1. The van der Waals surface area contributed by atoms with Crippen molar-refractivity contribution in [2.45, 2.75) is 13.5 Å². The molecule has 0 N–H and O–H groups in total. The summed E-state index contributed by atoms with van der Waals surface area (Å²) in [4.78, 5) is 6.45. The average Bonchev–Trinajstić information content (AvgIpc) is 2.09. The molecule has 3 heteroatoms. The van der Waals surface area contributed by atoms with Gasteiger partial charge in [0.1, 0.15) is 0 Å². The van der Waals surface area contributed by atoms with E-state index >= 15 is 0 Å². The SMILES string of the molecule is CC1=Cc2c(Cl)ccnc2CN1C. The fraction of sp³-hybridized carbons (Fsp3) is 0.300. The summed E-state index contributed by atoms with van der Waals surface area (Å²) < 4.78 is 0. The predicted molar refractivity (Wildman–Crippen MR) is 54.4 cm³/mol. The Morgan fingerprint density at radius 2 is 2.31 bits per heavy atom. The van der Waals surface area contributed by atoms with E-state index in [4.69, 9.17) is 11.6 Å². The molecule has 2 nitrogen and oxygen atoms in total. The van der Waals surface area contributed by atoms with Crippen LogP contribution in [-0.4, -0.2) is 16.9 Å². The van der Waals surface area contributed by atoms with Gasteiger partial charge in [0, 0.05) is 24.5 Å². The van der Waals surface area contributed by atoms with E-state index in [9.17, 15) is 0 Å². The molecular weight excluding hydrogens is 184 g/mol. The van der Waals surface area contributed by atoms with Crippen LogP contribution >= 0.6 is 11.6 Å². The van der Waals surface area contributed by atoms with Crippen molar-refractivity contribution in [2.24, 2.45) is 0 Å². The lowest BCUT2D eigenvalue weighted by Crippen LogP contribution is -2.20. The fourth-order valence-electron chi connectivity index (χ4n) is 1.44. The zero-order chi connectivity index (χ0) is 9.42. The molecule has 0 fully saturated rings. The maximum Gasteiger partial charge on any atom is 0.0684 e. The van der Waals surface area contributed by atoms with Gasteiger partial charge in [0.05, 0.1) is 17.3 Å². The van der Waals surface area contributed by atoms with Crippen LogP contribution in [0.15, 0.2) is 18.0 Å². The molecule has 1 aliphatic heterocycles. The lowest BCUT2D eigenvalue weighted by Gasteiger charge is -2.25. The van der Waals surface area contributed by atoms with Gasteiger partial charge in [-0.1, -0.05) is 11.6 Å². The lowest BCUT2D eigenvalue weighted by molar-refractivity contribution is 0.403. The molecule has 0 atom stereocenters. The minimum absolute atomic E-state index is 0.789. The van der Waals surface area contributed by atoms with Crippen LogP contribution in [-0.2, 0) is 6.54 Å². The van der Waals surface area contributed by atoms with Crippen LogP contribution in [0.5, 0.6) is 0 Å². The Kier molecular flexibility index (Phi) is 2.00. The molecule has 0 saturated carbocycles. The summed E-state index contributed by atoms with van der Waals surface area (Å²) in [5, 5.41) is 0.789. The van der Waals surface area contributed by atoms with Crippen LogP contribution in [0.4, 0.5) is 0 Å². The van der Waals surface area contributed by atoms with Crippen molar-refractivity contribution in [2.75, 3.05) is 7.05 Å². The van der Waals surface area contributed by atoms with Crippen LogP contribution < -0.4 is 0 Å². The number of aromatic nitrogens is 1. The second-order valence-electron chi connectivity index (χ2n) is 3.29. The molecule has 0 spiro atoms. The Bertz CT molecular complexity index is 371. The zero-order valence-corrected chi connectivity index (χ0v) is 8.47. The van der Waals surface area contributed by atoms with E-state index in [1.54, 1.807) is 6.20 Å². The zero-order valence-electron chi connectivity index (χ0n) is 7.71. The highest BCUT2D eigenvalue weighted by Gasteiger charge is 2.14. The van der Waals surface area contributed by atoms with Crippen molar-refractivity contribution >= 4 is 17.7 Å². The van der Waals surface area contributed by atoms with Crippen LogP contribution in [0.1, 0.15) is 18.2 Å². The Morgan fingerprint density at radius 1 is 1.54 bits per heavy atom. The summed E-state index contributed by atoms with van der Waals surface area (Å²) in [6.45, 7) is 2.92. The summed E-state index contributed by atoms with van der Waals surface area (Å²) in [5.41, 5.74) is 3.35. The number of nitrogens with zero attached hydrogens (tertiary/aromatic N) is 2. The molecule has 1 aromatic rings. The highest BCUT2D eigenvalue weighted by atomic mass is 35.5. The quantitative estimate of drug-likeness (QED) is 0.631. The van der Waals surface area contributed by atoms with E-state index in [1.165, 1.54) is 5.70 Å². The Balaban J connectivity index is 2.57. The summed E-state index contributed by atoms with van der Waals surface area (Å²) in [5.74, 6) is 0. The van der Waals surface area contributed by atoms with Crippen molar-refractivity contribution < 1.29 is 0 Å². The number of hydrogen-bond acceptors (Lipinski definition) is 2. The van der Waals surface area contributed by atoms with Crippen molar-refractivity contribution in [1.82, 2.24) is 9.88 Å². The predicted octanol–water partition coefficient (Wildman–Crippen LogP) is 2.54. The van der Waals surface area contributed by atoms with E-state index in [1.807, 2.05) is 6.07 Å². The fourth-order valence-corrected chi connectivity index (χ4v) is 1.66. The molecule has 1 aliphatic rings. The van der Waals surface area contributed by atoms with Crippen LogP contribution in [0.25, 0.3) is 6.08 Å². The first-order valence-electron chi connectivity index (χ1n) is 4.21. The van der Waals surface area contributed by atoms with E-state index in [-0.39, 0.29) is 0 Å². The standard InChI is InChI=1S/C10H11ClN2/c1-7-5-8-9(11)3-4-12-10(8)6-13(7)2/h3-5H,6H2,1-2H3. The van der Waals surface area contributed by atoms with Gasteiger partial charge >= 0.3 is 0 Å². The van der Waals surface area contributed by atoms with Gasteiger partial charge in [-0.05, 0) is 19.1 Å². The van der Waals surface area contributed by atoms with Gasteiger partial charge in [0.2, 0.25) is 0 Å². The topological polar surface area (TPSA) is 16.1 Å². The molecule has 1 aromatic heterocycles. The molecule has 2 rings (SSSR count). The van der Waals surface area contributed by atoms with Crippen molar-refractivity contribution in [3.05, 3.63) is 34.2 Å².